The van der Waals surface area contributed by atoms with Crippen molar-refractivity contribution in [3.8, 4) is 5.75 Å². The lowest BCUT2D eigenvalue weighted by Gasteiger charge is -2.15. The molecule has 2 aromatic carbocycles. The maximum Gasteiger partial charge on any atom is 0.119 e. The molecule has 0 spiro atoms. The van der Waals surface area contributed by atoms with Gasteiger partial charge in [-0.15, -0.1) is 0 Å². The van der Waals surface area contributed by atoms with Crippen molar-refractivity contribution in [3.05, 3.63) is 64.7 Å². The average Bonchev–Trinajstić information content (AvgIpc) is 3.10. The van der Waals surface area contributed by atoms with E-state index in [1.54, 1.807) is 0 Å². The smallest absolute Gasteiger partial charge is 0.119 e. The van der Waals surface area contributed by atoms with Gasteiger partial charge in [-0.3, -0.25) is 0 Å². The minimum Gasteiger partial charge on any atom is -0.490 e. The number of hydrogen-bond acceptors (Lipinski definition) is 1. The molecule has 2 aliphatic rings. The van der Waals surface area contributed by atoms with E-state index in [-0.39, 0.29) is 0 Å². The normalized spacial score (nSPS) is 26.4. The highest BCUT2D eigenvalue weighted by Crippen LogP contribution is 2.52. The minimum atomic E-state index is 0.447. The second-order valence-electron chi connectivity index (χ2n) is 6.38. The van der Waals surface area contributed by atoms with Crippen molar-refractivity contribution in [2.24, 2.45) is 11.8 Å². The molecule has 2 aromatic rings. The summed E-state index contributed by atoms with van der Waals surface area (Å²) in [6.45, 7) is 0. The van der Waals surface area contributed by atoms with Crippen LogP contribution < -0.4 is 4.74 Å². The first-order valence-corrected chi connectivity index (χ1v) is 8.15. The lowest BCUT2D eigenvalue weighted by molar-refractivity contribution is 0.194. The molecule has 0 N–H and O–H groups in total. The summed E-state index contributed by atoms with van der Waals surface area (Å²) in [5, 5.41) is 0.836. The van der Waals surface area contributed by atoms with Crippen LogP contribution in [-0.2, 0) is 6.42 Å². The highest BCUT2D eigenvalue weighted by Gasteiger charge is 2.46. The van der Waals surface area contributed by atoms with Crippen LogP contribution >= 0.6 is 11.6 Å². The third kappa shape index (κ3) is 2.94. The van der Waals surface area contributed by atoms with Gasteiger partial charge in [0.15, 0.2) is 0 Å². The van der Waals surface area contributed by atoms with E-state index in [4.69, 9.17) is 16.3 Å². The first kappa shape index (κ1) is 13.2. The molecule has 0 bridgehead atoms. The Kier molecular flexibility index (Phi) is 3.39. The zero-order chi connectivity index (χ0) is 14.2. The molecule has 21 heavy (non-hydrogen) atoms. The molecule has 0 heterocycles. The highest BCUT2D eigenvalue weighted by molar-refractivity contribution is 6.31. The van der Waals surface area contributed by atoms with Crippen molar-refractivity contribution in [2.75, 3.05) is 0 Å². The van der Waals surface area contributed by atoms with Gasteiger partial charge < -0.3 is 4.74 Å². The Hall–Kier alpha value is -1.47. The third-order valence-electron chi connectivity index (χ3n) is 4.78. The lowest BCUT2D eigenvalue weighted by atomic mass is 10.0. The topological polar surface area (TPSA) is 9.23 Å². The Bertz CT molecular complexity index is 624. The Morgan fingerprint density at radius 1 is 0.905 bits per heavy atom. The van der Waals surface area contributed by atoms with Crippen LogP contribution in [0.15, 0.2) is 48.5 Å². The quantitative estimate of drug-likeness (QED) is 0.762. The largest absolute Gasteiger partial charge is 0.490 e. The SMILES string of the molecule is Clc1ccccc1Cc1ccc(O[C@H]2C[C@@H]3C[C@@H]3C2)cc1. The molecule has 0 aromatic heterocycles. The molecule has 108 valence electrons. The van der Waals surface area contributed by atoms with Crippen LogP contribution in [0, 0.1) is 11.8 Å². The molecule has 3 atom stereocenters. The van der Waals surface area contributed by atoms with Gasteiger partial charge in [-0.25, -0.2) is 0 Å². The van der Waals surface area contributed by atoms with Crippen molar-refractivity contribution in [1.82, 2.24) is 0 Å². The first-order valence-electron chi connectivity index (χ1n) is 7.77. The minimum absolute atomic E-state index is 0.447. The zero-order valence-electron chi connectivity index (χ0n) is 12.0. The molecule has 2 fully saturated rings. The predicted molar refractivity (Wildman–Crippen MR) is 85.9 cm³/mol. The molecule has 2 aliphatic carbocycles. The van der Waals surface area contributed by atoms with Crippen molar-refractivity contribution in [1.29, 1.82) is 0 Å². The zero-order valence-corrected chi connectivity index (χ0v) is 12.7. The number of hydrogen-bond donors (Lipinski definition) is 0. The monoisotopic (exact) mass is 298 g/mol. The molecular weight excluding hydrogens is 280 g/mol. The summed E-state index contributed by atoms with van der Waals surface area (Å²) in [6.07, 6.45) is 5.27. The van der Waals surface area contributed by atoms with Crippen LogP contribution in [0.25, 0.3) is 0 Å². The number of rotatable bonds is 4. The molecule has 2 saturated carbocycles. The average molecular weight is 299 g/mol. The van der Waals surface area contributed by atoms with Gasteiger partial charge in [-0.1, -0.05) is 41.9 Å². The summed E-state index contributed by atoms with van der Waals surface area (Å²) >= 11 is 6.21. The van der Waals surface area contributed by atoms with Crippen LogP contribution in [0.2, 0.25) is 5.02 Å². The Balaban J connectivity index is 1.40. The van der Waals surface area contributed by atoms with Gasteiger partial charge in [0, 0.05) is 5.02 Å². The molecule has 0 amide bonds. The molecule has 2 heteroatoms. The van der Waals surface area contributed by atoms with Crippen LogP contribution in [0.5, 0.6) is 5.75 Å². The fraction of sp³-hybridized carbons (Fsp3) is 0.368. The van der Waals surface area contributed by atoms with Crippen molar-refractivity contribution in [3.63, 3.8) is 0 Å². The fourth-order valence-corrected chi connectivity index (χ4v) is 3.70. The summed E-state index contributed by atoms with van der Waals surface area (Å²) in [6, 6.07) is 16.5. The van der Waals surface area contributed by atoms with Crippen LogP contribution in [-0.4, -0.2) is 6.10 Å². The molecule has 1 nitrogen and oxygen atoms in total. The second kappa shape index (κ2) is 5.38. The van der Waals surface area contributed by atoms with Gasteiger partial charge in [0.05, 0.1) is 6.10 Å². The predicted octanol–water partition coefficient (Wildman–Crippen LogP) is 5.11. The van der Waals surface area contributed by atoms with E-state index in [0.29, 0.717) is 6.10 Å². The third-order valence-corrected chi connectivity index (χ3v) is 5.15. The van der Waals surface area contributed by atoms with E-state index >= 15 is 0 Å². The van der Waals surface area contributed by atoms with Gasteiger partial charge in [-0.2, -0.15) is 0 Å². The van der Waals surface area contributed by atoms with Gasteiger partial charge in [-0.05, 0) is 66.8 Å². The van der Waals surface area contributed by atoms with Gasteiger partial charge in [0.2, 0.25) is 0 Å². The van der Waals surface area contributed by atoms with Crippen LogP contribution in [0.1, 0.15) is 30.4 Å². The standard InChI is InChI=1S/C19H19ClO/c20-19-4-2-1-3-14(19)9-13-5-7-17(8-6-13)21-18-11-15-10-16(15)12-18/h1-8,15-16,18H,9-12H2/t15-,16+,18-. The number of ether oxygens (including phenoxy) is 1. The van der Waals surface area contributed by atoms with Gasteiger partial charge in [0.25, 0.3) is 0 Å². The summed E-state index contributed by atoms with van der Waals surface area (Å²) in [5.41, 5.74) is 2.44. The maximum absolute atomic E-state index is 6.21. The van der Waals surface area contributed by atoms with Crippen molar-refractivity contribution < 1.29 is 4.74 Å². The van der Waals surface area contributed by atoms with Crippen LogP contribution in [0.4, 0.5) is 0 Å². The van der Waals surface area contributed by atoms with Crippen LogP contribution in [0.3, 0.4) is 0 Å². The molecule has 0 saturated heterocycles. The van der Waals surface area contributed by atoms with Crippen molar-refractivity contribution >= 4 is 11.6 Å². The summed E-state index contributed by atoms with van der Waals surface area (Å²) in [5.74, 6) is 2.94. The lowest BCUT2D eigenvalue weighted by Crippen LogP contribution is -2.13. The summed E-state index contributed by atoms with van der Waals surface area (Å²) in [4.78, 5) is 0. The Morgan fingerprint density at radius 2 is 1.62 bits per heavy atom. The molecule has 0 unspecified atom stereocenters. The molecule has 0 aliphatic heterocycles. The fourth-order valence-electron chi connectivity index (χ4n) is 3.50. The van der Waals surface area contributed by atoms with E-state index < -0.39 is 0 Å². The summed E-state index contributed by atoms with van der Waals surface area (Å²) in [7, 11) is 0. The van der Waals surface area contributed by atoms with Gasteiger partial charge >= 0.3 is 0 Å². The molecular formula is C19H19ClO. The van der Waals surface area contributed by atoms with E-state index in [1.807, 2.05) is 18.2 Å². The van der Waals surface area contributed by atoms with E-state index in [1.165, 1.54) is 30.4 Å². The molecule has 4 rings (SSSR count). The number of halogens is 1. The van der Waals surface area contributed by atoms with E-state index in [0.717, 1.165) is 29.0 Å². The molecule has 0 radical (unpaired) electrons. The summed E-state index contributed by atoms with van der Waals surface area (Å²) < 4.78 is 6.08. The van der Waals surface area contributed by atoms with E-state index in [2.05, 4.69) is 30.3 Å². The van der Waals surface area contributed by atoms with E-state index in [9.17, 15) is 0 Å². The number of fused-ring (bicyclic) bond motifs is 1. The maximum atomic E-state index is 6.21. The first-order chi connectivity index (χ1) is 10.3. The number of benzene rings is 2. The Morgan fingerprint density at radius 3 is 2.33 bits per heavy atom. The Labute approximate surface area is 130 Å². The second-order valence-corrected chi connectivity index (χ2v) is 6.79. The van der Waals surface area contributed by atoms with Crippen molar-refractivity contribution in [2.45, 2.75) is 31.8 Å². The van der Waals surface area contributed by atoms with Gasteiger partial charge in [0.1, 0.15) is 5.75 Å². The highest BCUT2D eigenvalue weighted by atomic mass is 35.5.